The van der Waals surface area contributed by atoms with E-state index < -0.39 is 5.82 Å². The van der Waals surface area contributed by atoms with E-state index in [1.165, 1.54) is 6.07 Å². The lowest BCUT2D eigenvalue weighted by Crippen LogP contribution is -2.37. The third kappa shape index (κ3) is 4.51. The predicted molar refractivity (Wildman–Crippen MR) is 108 cm³/mol. The van der Waals surface area contributed by atoms with E-state index in [-0.39, 0.29) is 17.5 Å². The lowest BCUT2D eigenvalue weighted by atomic mass is 9.96. The number of nitrogens with zero attached hydrogens (tertiary/aromatic N) is 3. The topological polar surface area (TPSA) is 71.3 Å². The van der Waals surface area contributed by atoms with Crippen LogP contribution in [-0.2, 0) is 11.3 Å². The van der Waals surface area contributed by atoms with E-state index in [9.17, 15) is 9.18 Å². The Labute approximate surface area is 168 Å². The Hall–Kier alpha value is -3.06. The van der Waals surface area contributed by atoms with E-state index in [1.54, 1.807) is 18.2 Å². The van der Waals surface area contributed by atoms with Crippen LogP contribution < -0.4 is 5.32 Å². The summed E-state index contributed by atoms with van der Waals surface area (Å²) in [6, 6.07) is 14.1. The molecule has 2 aromatic carbocycles. The van der Waals surface area contributed by atoms with Gasteiger partial charge in [0, 0.05) is 11.5 Å². The summed E-state index contributed by atoms with van der Waals surface area (Å²) < 4.78 is 19.1. The predicted octanol–water partition coefficient (Wildman–Crippen LogP) is 4.03. The zero-order chi connectivity index (χ0) is 20.2. The minimum atomic E-state index is -0.417. The van der Waals surface area contributed by atoms with Gasteiger partial charge >= 0.3 is 0 Å². The molecule has 29 heavy (non-hydrogen) atoms. The van der Waals surface area contributed by atoms with Crippen molar-refractivity contribution in [2.24, 2.45) is 5.92 Å². The Morgan fingerprint density at radius 3 is 2.66 bits per heavy atom. The van der Waals surface area contributed by atoms with Crippen molar-refractivity contribution in [3.63, 3.8) is 0 Å². The number of anilines is 1. The molecule has 3 aromatic rings. The molecule has 1 N–H and O–H groups in total. The van der Waals surface area contributed by atoms with Gasteiger partial charge in [0.15, 0.2) is 0 Å². The summed E-state index contributed by atoms with van der Waals surface area (Å²) in [6.45, 7) is 4.07. The van der Waals surface area contributed by atoms with Crippen LogP contribution in [-0.4, -0.2) is 34.0 Å². The number of amides is 1. The molecular weight excluding hydrogens is 371 g/mol. The van der Waals surface area contributed by atoms with Crippen molar-refractivity contribution >= 4 is 11.6 Å². The maximum Gasteiger partial charge on any atom is 0.241 e. The average Bonchev–Trinajstić information content (AvgIpc) is 3.19. The van der Waals surface area contributed by atoms with Crippen LogP contribution in [0.1, 0.15) is 24.3 Å². The molecule has 0 atom stereocenters. The first-order valence-corrected chi connectivity index (χ1v) is 9.76. The van der Waals surface area contributed by atoms with Crippen molar-refractivity contribution in [1.82, 2.24) is 15.0 Å². The van der Waals surface area contributed by atoms with E-state index in [2.05, 4.69) is 20.4 Å². The molecule has 6 nitrogen and oxygen atoms in total. The number of piperidine rings is 1. The maximum atomic E-state index is 13.7. The molecular formula is C22H23FN4O2. The Bertz CT molecular complexity index is 996. The van der Waals surface area contributed by atoms with Gasteiger partial charge in [0.25, 0.3) is 0 Å². The molecule has 1 amide bonds. The molecule has 7 heteroatoms. The third-order valence-electron chi connectivity index (χ3n) is 5.30. The highest BCUT2D eigenvalue weighted by Gasteiger charge is 2.26. The van der Waals surface area contributed by atoms with Gasteiger partial charge in [0.05, 0.1) is 12.2 Å². The molecule has 4 rings (SSSR count). The van der Waals surface area contributed by atoms with Gasteiger partial charge in [0.2, 0.25) is 17.6 Å². The number of aryl methyl sites for hydroxylation is 1. The molecule has 1 aromatic heterocycles. The van der Waals surface area contributed by atoms with Gasteiger partial charge in [-0.05, 0) is 50.6 Å². The van der Waals surface area contributed by atoms with Crippen molar-refractivity contribution in [2.45, 2.75) is 26.3 Å². The van der Waals surface area contributed by atoms with E-state index in [0.717, 1.165) is 24.2 Å². The summed E-state index contributed by atoms with van der Waals surface area (Å²) >= 11 is 0. The van der Waals surface area contributed by atoms with Crippen LogP contribution >= 0.6 is 0 Å². The first-order valence-electron chi connectivity index (χ1n) is 9.76. The van der Waals surface area contributed by atoms with E-state index in [1.807, 2.05) is 31.2 Å². The second-order valence-corrected chi connectivity index (χ2v) is 7.35. The average molecular weight is 394 g/mol. The second-order valence-electron chi connectivity index (χ2n) is 7.35. The molecule has 0 saturated carbocycles. The number of hydrogen-bond acceptors (Lipinski definition) is 5. The smallest absolute Gasteiger partial charge is 0.241 e. The number of carbonyl (C=O) groups is 1. The fourth-order valence-electron chi connectivity index (χ4n) is 3.59. The Morgan fingerprint density at radius 1 is 1.17 bits per heavy atom. The summed E-state index contributed by atoms with van der Waals surface area (Å²) in [5.41, 5.74) is 2.29. The van der Waals surface area contributed by atoms with Crippen molar-refractivity contribution < 1.29 is 13.7 Å². The number of halogens is 1. The minimum absolute atomic E-state index is 0.129. The number of likely N-dealkylation sites (tertiary alicyclic amines) is 1. The van der Waals surface area contributed by atoms with Crippen LogP contribution in [0.3, 0.4) is 0 Å². The number of benzene rings is 2. The van der Waals surface area contributed by atoms with Crippen molar-refractivity contribution in [3.05, 3.63) is 65.8 Å². The van der Waals surface area contributed by atoms with E-state index in [0.29, 0.717) is 31.1 Å². The number of para-hydroxylation sites is 1. The standard InChI is InChI=1S/C22H23FN4O2/c1-15-6-2-3-7-17(15)21-25-20(29-26-21)14-27-12-10-16(11-13-27)22(28)24-19-9-5-4-8-18(19)23/h2-9,16H,10-14H2,1H3,(H,24,28). The van der Waals surface area contributed by atoms with E-state index in [4.69, 9.17) is 4.52 Å². The van der Waals surface area contributed by atoms with Gasteiger partial charge in [-0.3, -0.25) is 9.69 Å². The summed E-state index contributed by atoms with van der Waals surface area (Å²) in [5.74, 6) is 0.486. The normalized spacial score (nSPS) is 15.4. The molecule has 0 bridgehead atoms. The first kappa shape index (κ1) is 19.3. The van der Waals surface area contributed by atoms with Crippen molar-refractivity contribution in [1.29, 1.82) is 0 Å². The van der Waals surface area contributed by atoms with Gasteiger partial charge in [-0.25, -0.2) is 4.39 Å². The highest BCUT2D eigenvalue weighted by molar-refractivity contribution is 5.92. The largest absolute Gasteiger partial charge is 0.338 e. The molecule has 1 saturated heterocycles. The van der Waals surface area contributed by atoms with Gasteiger partial charge in [-0.15, -0.1) is 0 Å². The molecule has 1 aliphatic heterocycles. The molecule has 0 spiro atoms. The highest BCUT2D eigenvalue weighted by Crippen LogP contribution is 2.23. The van der Waals surface area contributed by atoms with Crippen LogP contribution in [0, 0.1) is 18.7 Å². The number of carbonyl (C=O) groups excluding carboxylic acids is 1. The molecule has 0 unspecified atom stereocenters. The Morgan fingerprint density at radius 2 is 1.90 bits per heavy atom. The number of rotatable bonds is 5. The van der Waals surface area contributed by atoms with Crippen LogP contribution in [0.15, 0.2) is 53.1 Å². The van der Waals surface area contributed by atoms with Crippen LogP contribution in [0.25, 0.3) is 11.4 Å². The van der Waals surface area contributed by atoms with Crippen LogP contribution in [0.4, 0.5) is 10.1 Å². The number of nitrogens with one attached hydrogen (secondary N) is 1. The number of aromatic nitrogens is 2. The summed E-state index contributed by atoms with van der Waals surface area (Å²) in [6.07, 6.45) is 1.41. The monoisotopic (exact) mass is 394 g/mol. The van der Waals surface area contributed by atoms with Crippen molar-refractivity contribution in [2.75, 3.05) is 18.4 Å². The van der Waals surface area contributed by atoms with Crippen LogP contribution in [0.5, 0.6) is 0 Å². The van der Waals surface area contributed by atoms with Gasteiger partial charge in [-0.1, -0.05) is 41.6 Å². The summed E-state index contributed by atoms with van der Waals surface area (Å²) in [5, 5.41) is 6.80. The molecule has 0 radical (unpaired) electrons. The Kier molecular flexibility index (Phi) is 5.67. The lowest BCUT2D eigenvalue weighted by molar-refractivity contribution is -0.121. The quantitative estimate of drug-likeness (QED) is 0.707. The van der Waals surface area contributed by atoms with Gasteiger partial charge in [-0.2, -0.15) is 4.98 Å². The third-order valence-corrected chi connectivity index (χ3v) is 5.30. The van der Waals surface area contributed by atoms with E-state index >= 15 is 0 Å². The summed E-state index contributed by atoms with van der Waals surface area (Å²) in [4.78, 5) is 19.2. The highest BCUT2D eigenvalue weighted by atomic mass is 19.1. The maximum absolute atomic E-state index is 13.7. The molecule has 0 aliphatic carbocycles. The SMILES string of the molecule is Cc1ccccc1-c1noc(CN2CCC(C(=O)Nc3ccccc3F)CC2)n1. The molecule has 1 aliphatic rings. The summed E-state index contributed by atoms with van der Waals surface area (Å²) in [7, 11) is 0. The number of hydrogen-bond donors (Lipinski definition) is 1. The first-order chi connectivity index (χ1) is 14.1. The minimum Gasteiger partial charge on any atom is -0.338 e. The fourth-order valence-corrected chi connectivity index (χ4v) is 3.59. The Balaban J connectivity index is 1.31. The fraction of sp³-hybridized carbons (Fsp3) is 0.318. The molecule has 150 valence electrons. The zero-order valence-corrected chi connectivity index (χ0v) is 16.3. The molecule has 1 fully saturated rings. The zero-order valence-electron chi connectivity index (χ0n) is 16.3. The second kappa shape index (κ2) is 8.53. The van der Waals surface area contributed by atoms with Crippen molar-refractivity contribution in [3.8, 4) is 11.4 Å². The van der Waals surface area contributed by atoms with Gasteiger partial charge in [0.1, 0.15) is 5.82 Å². The lowest BCUT2D eigenvalue weighted by Gasteiger charge is -2.30. The van der Waals surface area contributed by atoms with Crippen LogP contribution in [0.2, 0.25) is 0 Å². The van der Waals surface area contributed by atoms with Gasteiger partial charge < -0.3 is 9.84 Å². The molecule has 2 heterocycles.